The SMILES string of the molecule is Brc1ccc(C2OCCO2)cc1.CCOC=O. The van der Waals surface area contributed by atoms with Crippen molar-refractivity contribution in [1.82, 2.24) is 0 Å². The third-order valence-electron chi connectivity index (χ3n) is 2.00. The van der Waals surface area contributed by atoms with E-state index in [9.17, 15) is 4.79 Å². The standard InChI is InChI=1S/C9H9BrO2.C3H6O2/c10-8-3-1-7(2-4-8)9-11-5-6-12-9;1-2-5-3-4/h1-4,9H,5-6H2;3H,2H2,1H3. The van der Waals surface area contributed by atoms with Gasteiger partial charge in [0.2, 0.25) is 0 Å². The predicted molar refractivity (Wildman–Crippen MR) is 66.5 cm³/mol. The van der Waals surface area contributed by atoms with Crippen LogP contribution in [0.3, 0.4) is 0 Å². The highest BCUT2D eigenvalue weighted by Crippen LogP contribution is 2.24. The number of hydrogen-bond acceptors (Lipinski definition) is 4. The highest BCUT2D eigenvalue weighted by molar-refractivity contribution is 9.10. The maximum absolute atomic E-state index is 9.18. The predicted octanol–water partition coefficient (Wildman–Crippen LogP) is 2.67. The molecule has 1 aromatic rings. The molecule has 5 heteroatoms. The molecule has 94 valence electrons. The Bertz CT molecular complexity index is 320. The van der Waals surface area contributed by atoms with Gasteiger partial charge in [-0.05, 0) is 19.1 Å². The first-order valence-electron chi connectivity index (χ1n) is 5.31. The molecule has 0 atom stereocenters. The maximum atomic E-state index is 9.18. The van der Waals surface area contributed by atoms with Gasteiger partial charge in [-0.3, -0.25) is 4.79 Å². The van der Waals surface area contributed by atoms with E-state index in [0.29, 0.717) is 26.3 Å². The fourth-order valence-corrected chi connectivity index (χ4v) is 1.50. The summed E-state index contributed by atoms with van der Waals surface area (Å²) in [6, 6.07) is 7.97. The van der Waals surface area contributed by atoms with Crippen LogP contribution in [0.25, 0.3) is 0 Å². The van der Waals surface area contributed by atoms with Gasteiger partial charge in [0.15, 0.2) is 6.29 Å². The summed E-state index contributed by atoms with van der Waals surface area (Å²) >= 11 is 3.37. The molecule has 17 heavy (non-hydrogen) atoms. The summed E-state index contributed by atoms with van der Waals surface area (Å²) in [5.74, 6) is 0. The Hall–Kier alpha value is -0.910. The van der Waals surface area contributed by atoms with Crippen molar-refractivity contribution in [2.45, 2.75) is 13.2 Å². The molecular formula is C12H15BrO4. The van der Waals surface area contributed by atoms with E-state index in [-0.39, 0.29) is 6.29 Å². The molecule has 0 N–H and O–H groups in total. The lowest BCUT2D eigenvalue weighted by molar-refractivity contribution is -0.128. The van der Waals surface area contributed by atoms with Gasteiger partial charge in [-0.2, -0.15) is 0 Å². The molecule has 0 saturated carbocycles. The Morgan fingerprint density at radius 3 is 2.35 bits per heavy atom. The molecule has 1 fully saturated rings. The van der Waals surface area contributed by atoms with E-state index in [1.807, 2.05) is 24.3 Å². The Morgan fingerprint density at radius 1 is 1.35 bits per heavy atom. The molecule has 0 aliphatic carbocycles. The van der Waals surface area contributed by atoms with Crippen LogP contribution in [0, 0.1) is 0 Å². The van der Waals surface area contributed by atoms with Gasteiger partial charge >= 0.3 is 0 Å². The smallest absolute Gasteiger partial charge is 0.293 e. The second kappa shape index (κ2) is 8.22. The van der Waals surface area contributed by atoms with Gasteiger partial charge in [0.1, 0.15) is 0 Å². The van der Waals surface area contributed by atoms with Crippen LogP contribution >= 0.6 is 15.9 Å². The molecule has 0 radical (unpaired) electrons. The highest BCUT2D eigenvalue weighted by atomic mass is 79.9. The molecule has 1 aliphatic heterocycles. The van der Waals surface area contributed by atoms with E-state index in [0.717, 1.165) is 10.0 Å². The fourth-order valence-electron chi connectivity index (χ4n) is 1.24. The molecule has 1 heterocycles. The third-order valence-corrected chi connectivity index (χ3v) is 2.53. The molecular weight excluding hydrogens is 288 g/mol. The Morgan fingerprint density at radius 2 is 1.94 bits per heavy atom. The van der Waals surface area contributed by atoms with Gasteiger partial charge in [0.05, 0.1) is 19.8 Å². The van der Waals surface area contributed by atoms with Crippen LogP contribution < -0.4 is 0 Å². The molecule has 1 aromatic carbocycles. The van der Waals surface area contributed by atoms with Gasteiger partial charge < -0.3 is 14.2 Å². The van der Waals surface area contributed by atoms with Gasteiger partial charge in [0, 0.05) is 10.0 Å². The topological polar surface area (TPSA) is 44.8 Å². The Labute approximate surface area is 109 Å². The molecule has 0 amide bonds. The Balaban J connectivity index is 0.000000249. The van der Waals surface area contributed by atoms with Crippen molar-refractivity contribution >= 4 is 22.4 Å². The second-order valence-corrected chi connectivity index (χ2v) is 4.09. The number of carbonyl (C=O) groups excluding carboxylic acids is 1. The number of benzene rings is 1. The summed E-state index contributed by atoms with van der Waals surface area (Å²) in [4.78, 5) is 9.18. The minimum Gasteiger partial charge on any atom is -0.468 e. The highest BCUT2D eigenvalue weighted by Gasteiger charge is 2.17. The van der Waals surface area contributed by atoms with E-state index >= 15 is 0 Å². The first-order valence-corrected chi connectivity index (χ1v) is 6.11. The zero-order valence-corrected chi connectivity index (χ0v) is 11.2. The van der Waals surface area contributed by atoms with Gasteiger partial charge in [-0.15, -0.1) is 0 Å². The van der Waals surface area contributed by atoms with Gasteiger partial charge in [0.25, 0.3) is 6.47 Å². The fraction of sp³-hybridized carbons (Fsp3) is 0.417. The van der Waals surface area contributed by atoms with Gasteiger partial charge in [-0.1, -0.05) is 28.1 Å². The van der Waals surface area contributed by atoms with Crippen LogP contribution in [0.2, 0.25) is 0 Å². The lowest BCUT2D eigenvalue weighted by Gasteiger charge is -2.08. The van der Waals surface area contributed by atoms with Crippen molar-refractivity contribution in [2.24, 2.45) is 0 Å². The van der Waals surface area contributed by atoms with E-state index in [1.165, 1.54) is 0 Å². The molecule has 4 nitrogen and oxygen atoms in total. The first kappa shape index (κ1) is 14.2. The number of halogens is 1. The minimum atomic E-state index is -0.155. The van der Waals surface area contributed by atoms with Crippen LogP contribution in [0.4, 0.5) is 0 Å². The molecule has 1 aliphatic rings. The van der Waals surface area contributed by atoms with E-state index in [1.54, 1.807) is 6.92 Å². The number of rotatable bonds is 3. The van der Waals surface area contributed by atoms with Crippen LogP contribution in [0.15, 0.2) is 28.7 Å². The summed E-state index contributed by atoms with van der Waals surface area (Å²) in [6.07, 6.45) is -0.155. The summed E-state index contributed by atoms with van der Waals surface area (Å²) in [6.45, 7) is 4.05. The van der Waals surface area contributed by atoms with Crippen molar-refractivity contribution in [3.8, 4) is 0 Å². The summed E-state index contributed by atoms with van der Waals surface area (Å²) in [5, 5.41) is 0. The average Bonchev–Trinajstić information content (AvgIpc) is 2.85. The quantitative estimate of drug-likeness (QED) is 0.805. The maximum Gasteiger partial charge on any atom is 0.293 e. The zero-order chi connectivity index (χ0) is 12.5. The van der Waals surface area contributed by atoms with Crippen LogP contribution in [0.1, 0.15) is 18.8 Å². The summed E-state index contributed by atoms with van der Waals surface area (Å²) in [5.41, 5.74) is 1.08. The van der Waals surface area contributed by atoms with Crippen molar-refractivity contribution in [1.29, 1.82) is 0 Å². The van der Waals surface area contributed by atoms with Crippen LogP contribution in [-0.4, -0.2) is 26.3 Å². The normalized spacial score (nSPS) is 14.9. The van der Waals surface area contributed by atoms with Crippen molar-refractivity contribution in [3.05, 3.63) is 34.3 Å². The summed E-state index contributed by atoms with van der Waals surface area (Å²) in [7, 11) is 0. The van der Waals surface area contributed by atoms with Crippen LogP contribution in [0.5, 0.6) is 0 Å². The minimum absolute atomic E-state index is 0.155. The van der Waals surface area contributed by atoms with Gasteiger partial charge in [-0.25, -0.2) is 0 Å². The molecule has 2 rings (SSSR count). The molecule has 0 unspecified atom stereocenters. The van der Waals surface area contributed by atoms with E-state index in [4.69, 9.17) is 9.47 Å². The third kappa shape index (κ3) is 5.30. The molecule has 1 saturated heterocycles. The molecule has 0 bridgehead atoms. The summed E-state index contributed by atoms with van der Waals surface area (Å²) < 4.78 is 15.9. The van der Waals surface area contributed by atoms with Crippen molar-refractivity contribution in [3.63, 3.8) is 0 Å². The van der Waals surface area contributed by atoms with Crippen molar-refractivity contribution < 1.29 is 19.0 Å². The lowest BCUT2D eigenvalue weighted by atomic mass is 10.2. The van der Waals surface area contributed by atoms with Crippen LogP contribution in [-0.2, 0) is 19.0 Å². The largest absolute Gasteiger partial charge is 0.468 e. The number of hydrogen-bond donors (Lipinski definition) is 0. The van der Waals surface area contributed by atoms with E-state index < -0.39 is 0 Å². The zero-order valence-electron chi connectivity index (χ0n) is 9.60. The number of carbonyl (C=O) groups is 1. The molecule has 0 aromatic heterocycles. The molecule has 0 spiro atoms. The van der Waals surface area contributed by atoms with Crippen molar-refractivity contribution in [2.75, 3.05) is 19.8 Å². The second-order valence-electron chi connectivity index (χ2n) is 3.18. The first-order chi connectivity index (χ1) is 8.27. The monoisotopic (exact) mass is 302 g/mol. The Kier molecular flexibility index (Phi) is 6.84. The number of ether oxygens (including phenoxy) is 3. The average molecular weight is 303 g/mol. The lowest BCUT2D eigenvalue weighted by Crippen LogP contribution is -1.96. The van der Waals surface area contributed by atoms with E-state index in [2.05, 4.69) is 20.7 Å².